The molecule has 2 amide bonds. The molecule has 0 radical (unpaired) electrons. The van der Waals surface area contributed by atoms with Gasteiger partial charge in [-0.25, -0.2) is 0 Å². The van der Waals surface area contributed by atoms with Crippen LogP contribution in [0.15, 0.2) is 94.2 Å². The van der Waals surface area contributed by atoms with Crippen molar-refractivity contribution in [2.75, 3.05) is 23.7 Å². The van der Waals surface area contributed by atoms with E-state index in [-0.39, 0.29) is 24.9 Å². The van der Waals surface area contributed by atoms with Gasteiger partial charge in [-0.3, -0.25) is 9.59 Å². The minimum Gasteiger partial charge on any atom is -0.467 e. The van der Waals surface area contributed by atoms with Gasteiger partial charge in [0.25, 0.3) is 0 Å². The summed E-state index contributed by atoms with van der Waals surface area (Å²) in [7, 11) is 0. The fourth-order valence-electron chi connectivity index (χ4n) is 3.66. The van der Waals surface area contributed by atoms with Crippen LogP contribution in [0.3, 0.4) is 0 Å². The highest BCUT2D eigenvalue weighted by Gasteiger charge is 2.15. The number of nitrogens with zero attached hydrogens (tertiary/aromatic N) is 2. The van der Waals surface area contributed by atoms with Crippen LogP contribution < -0.4 is 15.4 Å². The lowest BCUT2D eigenvalue weighted by Crippen LogP contribution is -2.34. The zero-order valence-electron chi connectivity index (χ0n) is 21.6. The molecule has 9 nitrogen and oxygen atoms in total. The van der Waals surface area contributed by atoms with Gasteiger partial charge in [0.05, 0.1) is 38.7 Å². The van der Waals surface area contributed by atoms with Crippen LogP contribution in [0, 0.1) is 0 Å². The third-order valence-electron chi connectivity index (χ3n) is 5.58. The van der Waals surface area contributed by atoms with E-state index in [0.29, 0.717) is 56.1 Å². The first-order valence-corrected chi connectivity index (χ1v) is 13.9. The van der Waals surface area contributed by atoms with Crippen molar-refractivity contribution in [2.24, 2.45) is 0 Å². The Morgan fingerprint density at radius 1 is 0.683 bits per heavy atom. The van der Waals surface area contributed by atoms with Gasteiger partial charge in [0, 0.05) is 11.4 Å². The molecule has 0 spiro atoms. The molecular weight excluding hydrogens is 601 g/mol. The third kappa shape index (κ3) is 9.67. The number of nitrogens with one attached hydrogen (secondary N) is 2. The molecule has 212 valence electrons. The van der Waals surface area contributed by atoms with Gasteiger partial charge >= 0.3 is 0 Å². The molecule has 2 heterocycles. The Bertz CT molecular complexity index is 1350. The number of benzene rings is 2. The van der Waals surface area contributed by atoms with Crippen molar-refractivity contribution in [1.29, 1.82) is 0 Å². The van der Waals surface area contributed by atoms with Gasteiger partial charge in [0.2, 0.25) is 11.8 Å². The van der Waals surface area contributed by atoms with Gasteiger partial charge in [-0.2, -0.15) is 0 Å². The summed E-state index contributed by atoms with van der Waals surface area (Å²) in [5.41, 5.74) is 1.20. The fraction of sp³-hybridized carbons (Fsp3) is 0.143. The highest BCUT2D eigenvalue weighted by atomic mass is 32.1. The van der Waals surface area contributed by atoms with E-state index in [1.165, 1.54) is 0 Å². The summed E-state index contributed by atoms with van der Waals surface area (Å²) < 4.78 is 17.1. The van der Waals surface area contributed by atoms with Crippen molar-refractivity contribution in [3.05, 3.63) is 96.8 Å². The van der Waals surface area contributed by atoms with Crippen LogP contribution in [0.2, 0.25) is 0 Å². The van der Waals surface area contributed by atoms with E-state index < -0.39 is 0 Å². The molecule has 4 rings (SSSR count). The average molecular weight is 627 g/mol. The maximum atomic E-state index is 12.5. The number of thiol groups is 2. The molecule has 0 saturated heterocycles. The van der Waals surface area contributed by atoms with Crippen molar-refractivity contribution >= 4 is 81.5 Å². The largest absolute Gasteiger partial charge is 0.467 e. The molecule has 2 aromatic carbocycles. The van der Waals surface area contributed by atoms with Crippen LogP contribution in [-0.2, 0) is 22.7 Å². The molecule has 0 saturated carbocycles. The molecule has 0 atom stereocenters. The predicted molar refractivity (Wildman–Crippen MR) is 172 cm³/mol. The van der Waals surface area contributed by atoms with Crippen LogP contribution in [0.4, 0.5) is 11.4 Å². The van der Waals surface area contributed by atoms with Crippen LogP contribution in [0.25, 0.3) is 0 Å². The van der Waals surface area contributed by atoms with Crippen LogP contribution in [0.5, 0.6) is 11.5 Å². The van der Waals surface area contributed by atoms with Crippen molar-refractivity contribution in [2.45, 2.75) is 13.1 Å². The zero-order chi connectivity index (χ0) is 29.2. The smallest absolute Gasteiger partial charge is 0.243 e. The molecule has 13 heteroatoms. The number of hydrogen-bond donors (Lipinski definition) is 4. The summed E-state index contributed by atoms with van der Waals surface area (Å²) >= 11 is 18.7. The van der Waals surface area contributed by atoms with Crippen molar-refractivity contribution < 1.29 is 23.2 Å². The van der Waals surface area contributed by atoms with Gasteiger partial charge < -0.3 is 34.0 Å². The molecule has 0 fully saturated rings. The molecule has 2 aromatic heterocycles. The van der Waals surface area contributed by atoms with E-state index in [2.05, 4.69) is 35.9 Å². The van der Waals surface area contributed by atoms with E-state index in [1.54, 1.807) is 95.1 Å². The van der Waals surface area contributed by atoms with E-state index in [0.717, 1.165) is 0 Å². The Morgan fingerprint density at radius 3 is 1.39 bits per heavy atom. The lowest BCUT2D eigenvalue weighted by molar-refractivity contribution is -0.117. The van der Waals surface area contributed by atoms with Crippen LogP contribution in [0.1, 0.15) is 11.5 Å². The monoisotopic (exact) mass is 626 g/mol. The summed E-state index contributed by atoms with van der Waals surface area (Å²) in [6, 6.07) is 21.0. The number of rotatable bonds is 12. The maximum Gasteiger partial charge on any atom is 0.243 e. The van der Waals surface area contributed by atoms with E-state index in [1.807, 2.05) is 0 Å². The lowest BCUT2D eigenvalue weighted by atomic mass is 10.2. The number of thiocarbonyl (C=S) groups is 2. The Hall–Kier alpha value is -3.78. The number of furan rings is 2. The maximum absolute atomic E-state index is 12.5. The molecule has 0 unspecified atom stereocenters. The average Bonchev–Trinajstić information content (AvgIpc) is 3.65. The summed E-state index contributed by atoms with van der Waals surface area (Å²) in [5.74, 6) is 2.01. The summed E-state index contributed by atoms with van der Waals surface area (Å²) in [4.78, 5) is 28.4. The fourth-order valence-corrected chi connectivity index (χ4v) is 4.20. The minimum absolute atomic E-state index is 0.0213. The van der Waals surface area contributed by atoms with Crippen LogP contribution in [-0.4, -0.2) is 43.3 Å². The molecule has 0 bridgehead atoms. The topological polar surface area (TPSA) is 100 Å². The van der Waals surface area contributed by atoms with Gasteiger partial charge in [-0.05, 0) is 72.8 Å². The van der Waals surface area contributed by atoms with Crippen molar-refractivity contribution in [3.8, 4) is 11.5 Å². The standard InChI is InChI=1S/C28H26N4O5S4/c33-25(17-31(27(38)39)15-23-3-1-13-35-23)29-19-5-9-21(10-6-19)37-22-11-7-20(8-12-22)30-26(34)18-32(28(40)41)16-24-4-2-14-36-24/h1-14H,15-18H2,(H,29,33)(H,30,34)(H,38,39)(H,40,41). The predicted octanol–water partition coefficient (Wildman–Crippen LogP) is 5.98. The quantitative estimate of drug-likeness (QED) is 0.112. The molecular formula is C28H26N4O5S4. The second-order valence-electron chi connectivity index (χ2n) is 8.68. The van der Waals surface area contributed by atoms with E-state index >= 15 is 0 Å². The highest BCUT2D eigenvalue weighted by molar-refractivity contribution is 8.11. The SMILES string of the molecule is O=C(CN(Cc1ccco1)C(=S)S)Nc1ccc(Oc2ccc(NC(=O)CN(Cc3ccco3)C(=S)S)cc2)cc1. The molecule has 4 aromatic rings. The van der Waals surface area contributed by atoms with Gasteiger partial charge in [0.15, 0.2) is 0 Å². The number of anilines is 2. The molecule has 0 aliphatic carbocycles. The lowest BCUT2D eigenvalue weighted by Gasteiger charge is -2.21. The van der Waals surface area contributed by atoms with Gasteiger partial charge in [-0.1, -0.05) is 24.4 Å². The Kier molecular flexibility index (Phi) is 10.8. The van der Waals surface area contributed by atoms with Gasteiger partial charge in [-0.15, -0.1) is 25.3 Å². The van der Waals surface area contributed by atoms with Crippen LogP contribution >= 0.6 is 49.7 Å². The first-order valence-electron chi connectivity index (χ1n) is 12.2. The zero-order valence-corrected chi connectivity index (χ0v) is 25.0. The summed E-state index contributed by atoms with van der Waals surface area (Å²) in [6.07, 6.45) is 3.12. The Morgan fingerprint density at radius 2 is 1.07 bits per heavy atom. The molecule has 0 aliphatic rings. The first kappa shape index (κ1) is 30.2. The number of hydrogen-bond acceptors (Lipinski definition) is 7. The number of carbonyl (C=O) groups excluding carboxylic acids is 2. The molecule has 41 heavy (non-hydrogen) atoms. The minimum atomic E-state index is -0.250. The number of ether oxygens (including phenoxy) is 1. The second kappa shape index (κ2) is 14.7. The number of amides is 2. The van der Waals surface area contributed by atoms with Gasteiger partial charge in [0.1, 0.15) is 31.7 Å². The van der Waals surface area contributed by atoms with E-state index in [9.17, 15) is 9.59 Å². The summed E-state index contributed by atoms with van der Waals surface area (Å²) in [5, 5.41) is 5.67. The third-order valence-corrected chi connectivity index (χ3v) is 6.66. The summed E-state index contributed by atoms with van der Waals surface area (Å²) in [6.45, 7) is 0.721. The van der Waals surface area contributed by atoms with E-state index in [4.69, 9.17) is 38.0 Å². The highest BCUT2D eigenvalue weighted by Crippen LogP contribution is 2.24. The first-order chi connectivity index (χ1) is 19.7. The normalized spacial score (nSPS) is 10.5. The molecule has 2 N–H and O–H groups in total. The van der Waals surface area contributed by atoms with Crippen molar-refractivity contribution in [3.63, 3.8) is 0 Å². The Balaban J connectivity index is 1.25. The van der Waals surface area contributed by atoms with Crippen molar-refractivity contribution in [1.82, 2.24) is 9.80 Å². The number of carbonyl (C=O) groups is 2. The second-order valence-corrected chi connectivity index (χ2v) is 10.9. The Labute approximate surface area is 258 Å². The molecule has 0 aliphatic heterocycles.